The summed E-state index contributed by atoms with van der Waals surface area (Å²) in [6.07, 6.45) is 7.14. The Morgan fingerprint density at radius 1 is 1.17 bits per heavy atom. The molecule has 0 spiro atoms. The topological polar surface area (TPSA) is 22.1 Å². The Morgan fingerprint density at radius 2 is 1.96 bits per heavy atom. The van der Waals surface area contributed by atoms with Gasteiger partial charge in [-0.15, -0.1) is 11.3 Å². The van der Waals surface area contributed by atoms with Crippen molar-refractivity contribution in [1.82, 2.24) is 4.98 Å². The molecular weight excluding hydrogens is 309 g/mol. The van der Waals surface area contributed by atoms with Crippen LogP contribution in [0.15, 0.2) is 29.1 Å². The Morgan fingerprint density at radius 3 is 2.70 bits per heavy atom. The van der Waals surface area contributed by atoms with E-state index in [9.17, 15) is 4.39 Å². The second-order valence-corrected chi connectivity index (χ2v) is 6.58. The zero-order valence-electron chi connectivity index (χ0n) is 14.1. The van der Waals surface area contributed by atoms with Crippen molar-refractivity contribution in [3.05, 3.63) is 40.5 Å². The molecule has 0 fully saturated rings. The first-order chi connectivity index (χ1) is 11.2. The predicted octanol–water partition coefficient (Wildman–Crippen LogP) is 6.39. The maximum absolute atomic E-state index is 14.7. The van der Waals surface area contributed by atoms with Gasteiger partial charge in [0.2, 0.25) is 0 Å². The van der Waals surface area contributed by atoms with Crippen LogP contribution in [0.4, 0.5) is 4.39 Å². The van der Waals surface area contributed by atoms with Gasteiger partial charge in [-0.25, -0.2) is 9.37 Å². The minimum absolute atomic E-state index is 0.214. The van der Waals surface area contributed by atoms with Gasteiger partial charge in [0.05, 0.1) is 17.3 Å². The van der Waals surface area contributed by atoms with Crippen LogP contribution in [-0.4, -0.2) is 11.6 Å². The van der Waals surface area contributed by atoms with Crippen molar-refractivity contribution in [2.45, 2.75) is 58.5 Å². The van der Waals surface area contributed by atoms with Gasteiger partial charge in [-0.2, -0.15) is 0 Å². The molecule has 2 aromatic rings. The Hall–Kier alpha value is -1.26. The number of ether oxygens (including phenoxy) is 1. The predicted molar refractivity (Wildman–Crippen MR) is 95.3 cm³/mol. The van der Waals surface area contributed by atoms with E-state index in [-0.39, 0.29) is 11.9 Å². The van der Waals surface area contributed by atoms with Crippen molar-refractivity contribution in [3.8, 4) is 11.3 Å². The second-order valence-electron chi connectivity index (χ2n) is 5.86. The minimum atomic E-state index is -0.232. The van der Waals surface area contributed by atoms with Crippen LogP contribution in [0.1, 0.15) is 64.0 Å². The van der Waals surface area contributed by atoms with Crippen molar-refractivity contribution < 1.29 is 9.13 Å². The van der Waals surface area contributed by atoms with Crippen LogP contribution in [0.25, 0.3) is 11.3 Å². The zero-order chi connectivity index (χ0) is 16.5. The number of unbranched alkanes of at least 4 members (excludes halogenated alkanes) is 5. The molecule has 1 atom stereocenters. The summed E-state index contributed by atoms with van der Waals surface area (Å²) in [5, 5.41) is 1.87. The van der Waals surface area contributed by atoms with Gasteiger partial charge in [0.25, 0.3) is 0 Å². The van der Waals surface area contributed by atoms with Crippen LogP contribution in [0.3, 0.4) is 0 Å². The summed E-state index contributed by atoms with van der Waals surface area (Å²) in [6.45, 7) is 4.83. The number of nitrogens with zero attached hydrogens (tertiary/aromatic N) is 1. The van der Waals surface area contributed by atoms with Crippen LogP contribution in [-0.2, 0) is 4.74 Å². The van der Waals surface area contributed by atoms with Crippen molar-refractivity contribution in [3.63, 3.8) is 0 Å². The van der Waals surface area contributed by atoms with Gasteiger partial charge in [-0.05, 0) is 19.4 Å². The van der Waals surface area contributed by atoms with Gasteiger partial charge in [0.1, 0.15) is 5.82 Å². The van der Waals surface area contributed by atoms with Crippen LogP contribution < -0.4 is 0 Å². The molecule has 1 aromatic heterocycles. The monoisotopic (exact) mass is 335 g/mol. The molecule has 0 aliphatic heterocycles. The molecule has 4 heteroatoms. The van der Waals surface area contributed by atoms with E-state index in [2.05, 4.69) is 11.9 Å². The van der Waals surface area contributed by atoms with Crippen molar-refractivity contribution in [2.24, 2.45) is 0 Å². The third-order valence-corrected chi connectivity index (χ3v) is 4.63. The van der Waals surface area contributed by atoms with Crippen LogP contribution in [0.5, 0.6) is 0 Å². The van der Waals surface area contributed by atoms with E-state index in [1.165, 1.54) is 43.4 Å². The highest BCUT2D eigenvalue weighted by atomic mass is 32.1. The largest absolute Gasteiger partial charge is 0.374 e. The minimum Gasteiger partial charge on any atom is -0.374 e. The lowest BCUT2D eigenvalue weighted by molar-refractivity contribution is 0.0604. The lowest BCUT2D eigenvalue weighted by Crippen LogP contribution is -2.05. The highest BCUT2D eigenvalue weighted by Crippen LogP contribution is 2.29. The SMILES string of the molecule is CCCCCCCCOC(C)c1cccc(-c2cscn2)c1F. The average molecular weight is 335 g/mol. The molecule has 0 bridgehead atoms. The Balaban J connectivity index is 1.85. The molecule has 1 aromatic carbocycles. The van der Waals surface area contributed by atoms with Gasteiger partial charge in [0.15, 0.2) is 0 Å². The first kappa shape index (κ1) is 18.1. The Labute approximate surface area is 142 Å². The highest BCUT2D eigenvalue weighted by Gasteiger charge is 2.16. The number of benzene rings is 1. The highest BCUT2D eigenvalue weighted by molar-refractivity contribution is 7.07. The molecule has 2 rings (SSSR count). The van der Waals surface area contributed by atoms with Gasteiger partial charge < -0.3 is 4.74 Å². The smallest absolute Gasteiger partial charge is 0.138 e. The molecule has 0 radical (unpaired) electrons. The van der Waals surface area contributed by atoms with E-state index in [0.717, 1.165) is 6.42 Å². The number of hydrogen-bond acceptors (Lipinski definition) is 3. The van der Waals surface area contributed by atoms with E-state index in [0.29, 0.717) is 23.4 Å². The zero-order valence-corrected chi connectivity index (χ0v) is 14.9. The van der Waals surface area contributed by atoms with E-state index in [1.807, 2.05) is 18.4 Å². The first-order valence-electron chi connectivity index (χ1n) is 8.52. The number of thiazole rings is 1. The quantitative estimate of drug-likeness (QED) is 0.469. The fourth-order valence-electron chi connectivity index (χ4n) is 2.64. The number of hydrogen-bond donors (Lipinski definition) is 0. The molecule has 0 saturated carbocycles. The standard InChI is InChI=1S/C19H26FNOS/c1-3-4-5-6-7-8-12-22-15(2)16-10-9-11-17(19(16)20)18-13-23-14-21-18/h9-11,13-15H,3-8,12H2,1-2H3. The third-order valence-electron chi connectivity index (χ3n) is 4.04. The van der Waals surface area contributed by atoms with Gasteiger partial charge in [-0.1, -0.05) is 51.2 Å². The summed E-state index contributed by atoms with van der Waals surface area (Å²) in [5.41, 5.74) is 3.58. The van der Waals surface area contributed by atoms with Crippen LogP contribution in [0.2, 0.25) is 0 Å². The van der Waals surface area contributed by atoms with E-state index >= 15 is 0 Å². The summed E-state index contributed by atoms with van der Waals surface area (Å²) < 4.78 is 20.5. The lowest BCUT2D eigenvalue weighted by atomic mass is 10.0. The summed E-state index contributed by atoms with van der Waals surface area (Å²) in [5.74, 6) is -0.214. The molecule has 0 amide bonds. The molecular formula is C19H26FNOS. The van der Waals surface area contributed by atoms with Gasteiger partial charge in [0, 0.05) is 23.1 Å². The first-order valence-corrected chi connectivity index (χ1v) is 9.47. The molecule has 23 heavy (non-hydrogen) atoms. The van der Waals surface area contributed by atoms with Gasteiger partial charge >= 0.3 is 0 Å². The third kappa shape index (κ3) is 5.40. The number of rotatable bonds is 10. The van der Waals surface area contributed by atoms with Crippen molar-refractivity contribution in [1.29, 1.82) is 0 Å². The fourth-order valence-corrected chi connectivity index (χ4v) is 3.19. The maximum atomic E-state index is 14.7. The number of halogens is 1. The molecule has 1 heterocycles. The van der Waals surface area contributed by atoms with E-state index in [1.54, 1.807) is 17.6 Å². The van der Waals surface area contributed by atoms with E-state index in [4.69, 9.17) is 4.74 Å². The fraction of sp³-hybridized carbons (Fsp3) is 0.526. The Bertz CT molecular complexity index is 571. The number of aromatic nitrogens is 1. The maximum Gasteiger partial charge on any atom is 0.138 e. The molecule has 0 saturated heterocycles. The van der Waals surface area contributed by atoms with Crippen molar-refractivity contribution >= 4 is 11.3 Å². The average Bonchev–Trinajstić information content (AvgIpc) is 3.08. The van der Waals surface area contributed by atoms with Gasteiger partial charge in [-0.3, -0.25) is 0 Å². The lowest BCUT2D eigenvalue weighted by Gasteiger charge is -2.15. The normalized spacial score (nSPS) is 12.5. The second kappa shape index (κ2) is 9.78. The molecule has 0 aliphatic carbocycles. The molecule has 0 N–H and O–H groups in total. The van der Waals surface area contributed by atoms with E-state index < -0.39 is 0 Å². The summed E-state index contributed by atoms with van der Waals surface area (Å²) in [6, 6.07) is 5.45. The molecule has 2 nitrogen and oxygen atoms in total. The molecule has 0 aliphatic rings. The van der Waals surface area contributed by atoms with Crippen molar-refractivity contribution in [2.75, 3.05) is 6.61 Å². The van der Waals surface area contributed by atoms with Crippen LogP contribution in [0, 0.1) is 5.82 Å². The molecule has 1 unspecified atom stereocenters. The molecule has 126 valence electrons. The Kier molecular flexibility index (Phi) is 7.69. The summed E-state index contributed by atoms with van der Waals surface area (Å²) >= 11 is 1.47. The van der Waals surface area contributed by atoms with Crippen LogP contribution >= 0.6 is 11.3 Å². The summed E-state index contributed by atoms with van der Waals surface area (Å²) in [7, 11) is 0. The summed E-state index contributed by atoms with van der Waals surface area (Å²) in [4.78, 5) is 4.20.